The maximum Gasteiger partial charge on any atom is 0.300 e. The number of oxazole rings is 1. The lowest BCUT2D eigenvalue weighted by molar-refractivity contribution is -0.134. The van der Waals surface area contributed by atoms with Gasteiger partial charge in [-0.3, -0.25) is 4.79 Å². The van der Waals surface area contributed by atoms with Gasteiger partial charge < -0.3 is 19.5 Å². The Hall–Kier alpha value is -2.67. The van der Waals surface area contributed by atoms with Gasteiger partial charge in [0.05, 0.1) is 18.2 Å². The van der Waals surface area contributed by atoms with Gasteiger partial charge >= 0.3 is 0 Å². The molecule has 6 nitrogen and oxygen atoms in total. The molecule has 1 aromatic heterocycles. The Bertz CT molecular complexity index is 712. The van der Waals surface area contributed by atoms with Crippen LogP contribution < -0.4 is 0 Å². The van der Waals surface area contributed by atoms with Crippen molar-refractivity contribution in [2.75, 3.05) is 13.1 Å². The van der Waals surface area contributed by atoms with E-state index < -0.39 is 12.1 Å². The quantitative estimate of drug-likeness (QED) is 0.799. The summed E-state index contributed by atoms with van der Waals surface area (Å²) in [7, 11) is 0. The fraction of sp³-hybridized carbons (Fsp3) is 0.400. The summed E-state index contributed by atoms with van der Waals surface area (Å²) in [5.41, 5.74) is 0.768. The first-order valence-electron chi connectivity index (χ1n) is 8.90. The van der Waals surface area contributed by atoms with Crippen molar-refractivity contribution in [3.8, 4) is 0 Å². The molecular weight excluding hydrogens is 351 g/mol. The number of carboxylic acid groups (broad SMARTS) is 1. The van der Waals surface area contributed by atoms with Crippen molar-refractivity contribution in [2.24, 2.45) is 0 Å². The number of aliphatic hydroxyl groups excluding tert-OH is 1. The molecule has 7 heteroatoms. The lowest BCUT2D eigenvalue weighted by Crippen LogP contribution is -2.25. The van der Waals surface area contributed by atoms with Crippen molar-refractivity contribution in [1.82, 2.24) is 9.88 Å². The number of aliphatic carboxylic acids is 1. The molecule has 0 saturated heterocycles. The predicted octanol–water partition coefficient (Wildman–Crippen LogP) is 3.72. The van der Waals surface area contributed by atoms with E-state index in [1.54, 1.807) is 24.6 Å². The van der Waals surface area contributed by atoms with E-state index in [4.69, 9.17) is 14.3 Å². The molecule has 0 saturated carbocycles. The number of hydrogen-bond acceptors (Lipinski definition) is 5. The normalized spacial score (nSPS) is 17.1. The second-order valence-corrected chi connectivity index (χ2v) is 6.37. The number of carboxylic acids is 1. The van der Waals surface area contributed by atoms with Crippen LogP contribution >= 0.6 is 0 Å². The van der Waals surface area contributed by atoms with E-state index in [2.05, 4.69) is 22.2 Å². The van der Waals surface area contributed by atoms with Gasteiger partial charge in [-0.1, -0.05) is 18.2 Å². The van der Waals surface area contributed by atoms with Gasteiger partial charge in [-0.05, 0) is 43.2 Å². The van der Waals surface area contributed by atoms with Gasteiger partial charge in [0, 0.05) is 20.0 Å². The van der Waals surface area contributed by atoms with Gasteiger partial charge in [0.15, 0.2) is 0 Å². The van der Waals surface area contributed by atoms with Crippen LogP contribution in [0.2, 0.25) is 0 Å². The summed E-state index contributed by atoms with van der Waals surface area (Å²) < 4.78 is 18.2. The standard InChI is InChI=1S/C18H21FN2O2.C2H4O2/c19-16-5-3-14(4-6-16)17(22)2-1-10-21-11-7-15(8-12-21)18-20-9-13-23-18;1-2(3)4/h3-7,9,11,13,15,17,22H,1-2,8,10,12H2;1H3,(H,3,4). The maximum atomic E-state index is 12.9. The van der Waals surface area contributed by atoms with E-state index in [0.29, 0.717) is 6.42 Å². The highest BCUT2D eigenvalue weighted by Crippen LogP contribution is 2.25. The third-order valence-electron chi connectivity index (χ3n) is 4.20. The second-order valence-electron chi connectivity index (χ2n) is 6.37. The number of benzene rings is 1. The summed E-state index contributed by atoms with van der Waals surface area (Å²) in [6.07, 6.45) is 9.47. The van der Waals surface area contributed by atoms with Crippen LogP contribution in [0.25, 0.3) is 0 Å². The molecular formula is C20H25FN2O4. The number of carbonyl (C=O) groups is 1. The Balaban J connectivity index is 0.000000596. The Labute approximate surface area is 158 Å². The number of nitrogens with zero attached hydrogens (tertiary/aromatic N) is 2. The highest BCUT2D eigenvalue weighted by atomic mass is 19.1. The lowest BCUT2D eigenvalue weighted by atomic mass is 10.0. The molecule has 0 fully saturated rings. The molecule has 1 aliphatic heterocycles. The van der Waals surface area contributed by atoms with Gasteiger partial charge in [-0.15, -0.1) is 0 Å². The fourth-order valence-electron chi connectivity index (χ4n) is 2.85. The van der Waals surface area contributed by atoms with Crippen LogP contribution in [0.15, 0.2) is 53.4 Å². The van der Waals surface area contributed by atoms with Crippen molar-refractivity contribution in [3.05, 3.63) is 66.3 Å². The average Bonchev–Trinajstić information content (AvgIpc) is 3.17. The number of aromatic nitrogens is 1. The Kier molecular flexibility index (Phi) is 8.00. The van der Waals surface area contributed by atoms with E-state index in [0.717, 1.165) is 44.3 Å². The molecule has 0 radical (unpaired) electrons. The molecule has 3 rings (SSSR count). The van der Waals surface area contributed by atoms with Gasteiger partial charge in [0.2, 0.25) is 5.89 Å². The molecule has 1 aromatic carbocycles. The van der Waals surface area contributed by atoms with Crippen LogP contribution in [0, 0.1) is 5.82 Å². The topological polar surface area (TPSA) is 86.8 Å². The maximum absolute atomic E-state index is 12.9. The number of halogens is 1. The zero-order chi connectivity index (χ0) is 19.6. The van der Waals surface area contributed by atoms with Crippen LogP contribution in [-0.2, 0) is 4.79 Å². The molecule has 146 valence electrons. The summed E-state index contributed by atoms with van der Waals surface area (Å²) in [6.45, 7) is 2.93. The highest BCUT2D eigenvalue weighted by molar-refractivity contribution is 5.62. The van der Waals surface area contributed by atoms with Gasteiger partial charge in [-0.25, -0.2) is 9.37 Å². The van der Waals surface area contributed by atoms with Crippen molar-refractivity contribution < 1.29 is 23.8 Å². The molecule has 27 heavy (non-hydrogen) atoms. The van der Waals surface area contributed by atoms with E-state index >= 15 is 0 Å². The minimum atomic E-state index is -0.833. The van der Waals surface area contributed by atoms with Crippen LogP contribution in [0.5, 0.6) is 0 Å². The molecule has 1 aliphatic rings. The fourth-order valence-corrected chi connectivity index (χ4v) is 2.85. The largest absolute Gasteiger partial charge is 0.481 e. The number of hydrogen-bond donors (Lipinski definition) is 2. The van der Waals surface area contributed by atoms with E-state index in [1.807, 2.05) is 0 Å². The Morgan fingerprint density at radius 2 is 2.11 bits per heavy atom. The molecule has 0 bridgehead atoms. The molecule has 0 spiro atoms. The minimum absolute atomic E-state index is 0.256. The van der Waals surface area contributed by atoms with Crippen molar-refractivity contribution in [1.29, 1.82) is 0 Å². The lowest BCUT2D eigenvalue weighted by Gasteiger charge is -2.27. The van der Waals surface area contributed by atoms with E-state index in [1.165, 1.54) is 12.1 Å². The van der Waals surface area contributed by atoms with E-state index in [-0.39, 0.29) is 11.7 Å². The minimum Gasteiger partial charge on any atom is -0.481 e. The second kappa shape index (κ2) is 10.5. The first-order chi connectivity index (χ1) is 13.0. The van der Waals surface area contributed by atoms with Crippen molar-refractivity contribution in [2.45, 2.75) is 38.2 Å². The zero-order valence-electron chi connectivity index (χ0n) is 15.3. The molecule has 2 heterocycles. The van der Waals surface area contributed by atoms with Crippen LogP contribution in [0.4, 0.5) is 4.39 Å². The predicted molar refractivity (Wildman–Crippen MR) is 98.5 cm³/mol. The highest BCUT2D eigenvalue weighted by Gasteiger charge is 2.18. The van der Waals surface area contributed by atoms with Crippen molar-refractivity contribution >= 4 is 5.97 Å². The molecule has 2 aromatic rings. The Morgan fingerprint density at radius 1 is 1.41 bits per heavy atom. The molecule has 2 unspecified atom stereocenters. The van der Waals surface area contributed by atoms with Gasteiger partial charge in [-0.2, -0.15) is 0 Å². The molecule has 0 amide bonds. The molecule has 2 atom stereocenters. The van der Waals surface area contributed by atoms with Gasteiger partial charge in [0.1, 0.15) is 12.1 Å². The first-order valence-corrected chi connectivity index (χ1v) is 8.90. The van der Waals surface area contributed by atoms with Crippen LogP contribution in [-0.4, -0.2) is 39.2 Å². The van der Waals surface area contributed by atoms with Crippen LogP contribution in [0.1, 0.15) is 49.7 Å². The summed E-state index contributed by atoms with van der Waals surface area (Å²) in [4.78, 5) is 15.4. The summed E-state index contributed by atoms with van der Waals surface area (Å²) in [6, 6.07) is 6.05. The third-order valence-corrected chi connectivity index (χ3v) is 4.20. The number of aliphatic hydroxyl groups is 1. The first kappa shape index (κ1) is 20.6. The monoisotopic (exact) mass is 376 g/mol. The van der Waals surface area contributed by atoms with E-state index in [9.17, 15) is 9.50 Å². The number of rotatable bonds is 6. The van der Waals surface area contributed by atoms with Gasteiger partial charge in [0.25, 0.3) is 5.97 Å². The SMILES string of the molecule is CC(=O)O.OC(CCCN1C=CC(c2ncco2)CC1)c1ccc(F)cc1. The number of allylic oxidation sites excluding steroid dienone is 1. The smallest absolute Gasteiger partial charge is 0.300 e. The average molecular weight is 376 g/mol. The van der Waals surface area contributed by atoms with Crippen LogP contribution in [0.3, 0.4) is 0 Å². The third kappa shape index (κ3) is 7.22. The van der Waals surface area contributed by atoms with Crippen molar-refractivity contribution in [3.63, 3.8) is 0 Å². The Morgan fingerprint density at radius 3 is 2.67 bits per heavy atom. The summed E-state index contributed by atoms with van der Waals surface area (Å²) in [5.74, 6) is -0.0845. The zero-order valence-corrected chi connectivity index (χ0v) is 15.3. The summed E-state index contributed by atoms with van der Waals surface area (Å²) in [5, 5.41) is 17.5. The summed E-state index contributed by atoms with van der Waals surface area (Å²) >= 11 is 0. The molecule has 0 aliphatic carbocycles. The molecule has 2 N–H and O–H groups in total.